The number of amides is 2. The van der Waals surface area contributed by atoms with Crippen LogP contribution in [0, 0.1) is 0 Å². The average Bonchev–Trinajstić information content (AvgIpc) is 2.96. The number of urea groups is 1. The smallest absolute Gasteiger partial charge is 0.343 e. The number of anilines is 1. The van der Waals surface area contributed by atoms with E-state index in [1.54, 1.807) is 24.7 Å². The number of imidazole rings is 1. The van der Waals surface area contributed by atoms with Gasteiger partial charge in [-0.3, -0.25) is 4.84 Å². The van der Waals surface area contributed by atoms with Crippen LogP contribution in [0.5, 0.6) is 0 Å². The van der Waals surface area contributed by atoms with Crippen molar-refractivity contribution in [2.24, 2.45) is 0 Å². The van der Waals surface area contributed by atoms with Crippen LogP contribution in [0.25, 0.3) is 0 Å². The van der Waals surface area contributed by atoms with Crippen molar-refractivity contribution in [2.45, 2.75) is 19.4 Å². The highest BCUT2D eigenvalue weighted by Gasteiger charge is 2.13. The van der Waals surface area contributed by atoms with Crippen LogP contribution in [0.1, 0.15) is 25.1 Å². The number of hydroxylamine groups is 1. The highest BCUT2D eigenvalue weighted by molar-refractivity contribution is 9.10. The van der Waals surface area contributed by atoms with E-state index in [-0.39, 0.29) is 6.10 Å². The SMILES string of the molecule is CCC(ONC(=O)Nc1ccc(Br)cc1)c1cnc[nH]1. The van der Waals surface area contributed by atoms with Gasteiger partial charge in [-0.1, -0.05) is 22.9 Å². The molecule has 106 valence electrons. The van der Waals surface area contributed by atoms with Gasteiger partial charge in [0.2, 0.25) is 0 Å². The molecule has 6 nitrogen and oxygen atoms in total. The Labute approximate surface area is 125 Å². The van der Waals surface area contributed by atoms with Gasteiger partial charge < -0.3 is 10.3 Å². The molecule has 1 aromatic carbocycles. The lowest BCUT2D eigenvalue weighted by Crippen LogP contribution is -2.30. The highest BCUT2D eigenvalue weighted by Crippen LogP contribution is 2.17. The van der Waals surface area contributed by atoms with E-state index in [1.165, 1.54) is 0 Å². The Balaban J connectivity index is 1.84. The number of benzene rings is 1. The largest absolute Gasteiger partial charge is 0.346 e. The molecule has 1 unspecified atom stereocenters. The summed E-state index contributed by atoms with van der Waals surface area (Å²) in [6.07, 6.45) is 3.69. The molecule has 0 saturated heterocycles. The van der Waals surface area contributed by atoms with Gasteiger partial charge >= 0.3 is 6.03 Å². The van der Waals surface area contributed by atoms with Gasteiger partial charge in [0.1, 0.15) is 6.10 Å². The molecule has 0 spiro atoms. The summed E-state index contributed by atoms with van der Waals surface area (Å²) in [6, 6.07) is 6.84. The summed E-state index contributed by atoms with van der Waals surface area (Å²) >= 11 is 3.33. The third-order valence-corrected chi connectivity index (χ3v) is 3.16. The number of H-pyrrole nitrogens is 1. The summed E-state index contributed by atoms with van der Waals surface area (Å²) in [4.78, 5) is 23.9. The molecule has 2 aromatic rings. The zero-order valence-electron chi connectivity index (χ0n) is 10.9. The number of carbonyl (C=O) groups is 1. The van der Waals surface area contributed by atoms with Crippen LogP contribution in [0.3, 0.4) is 0 Å². The zero-order chi connectivity index (χ0) is 14.4. The number of aromatic nitrogens is 2. The first-order chi connectivity index (χ1) is 9.69. The molecule has 7 heteroatoms. The fourth-order valence-corrected chi connectivity index (χ4v) is 1.89. The van der Waals surface area contributed by atoms with Gasteiger partial charge in [0, 0.05) is 10.2 Å². The molecule has 0 aliphatic rings. The summed E-state index contributed by atoms with van der Waals surface area (Å²) in [5.74, 6) is 0. The van der Waals surface area contributed by atoms with Crippen LogP contribution < -0.4 is 10.8 Å². The number of hydrogen-bond donors (Lipinski definition) is 3. The predicted molar refractivity (Wildman–Crippen MR) is 79.0 cm³/mol. The summed E-state index contributed by atoms with van der Waals surface area (Å²) < 4.78 is 0.949. The Morgan fingerprint density at radius 2 is 2.20 bits per heavy atom. The van der Waals surface area contributed by atoms with E-state index in [2.05, 4.69) is 36.7 Å². The zero-order valence-corrected chi connectivity index (χ0v) is 12.5. The molecule has 2 rings (SSSR count). The van der Waals surface area contributed by atoms with E-state index in [0.29, 0.717) is 12.1 Å². The van der Waals surface area contributed by atoms with E-state index in [4.69, 9.17) is 4.84 Å². The first-order valence-corrected chi connectivity index (χ1v) is 6.95. The van der Waals surface area contributed by atoms with E-state index in [0.717, 1.165) is 10.2 Å². The summed E-state index contributed by atoms with van der Waals surface area (Å²) in [7, 11) is 0. The van der Waals surface area contributed by atoms with E-state index in [1.807, 2.05) is 19.1 Å². The summed E-state index contributed by atoms with van der Waals surface area (Å²) in [5, 5.41) is 2.67. The van der Waals surface area contributed by atoms with Gasteiger partial charge in [0.05, 0.1) is 18.2 Å². The third kappa shape index (κ3) is 4.07. The van der Waals surface area contributed by atoms with Crippen molar-refractivity contribution < 1.29 is 9.63 Å². The number of nitrogens with zero attached hydrogens (tertiary/aromatic N) is 1. The molecule has 0 bridgehead atoms. The Kier molecular flexibility index (Phi) is 5.14. The van der Waals surface area contributed by atoms with E-state index in [9.17, 15) is 4.79 Å². The monoisotopic (exact) mass is 338 g/mol. The molecular formula is C13H15BrN4O2. The molecule has 0 radical (unpaired) electrons. The molecule has 0 aliphatic carbocycles. The van der Waals surface area contributed by atoms with Gasteiger partial charge in [-0.05, 0) is 30.7 Å². The van der Waals surface area contributed by atoms with Crippen molar-refractivity contribution in [2.75, 3.05) is 5.32 Å². The van der Waals surface area contributed by atoms with E-state index >= 15 is 0 Å². The molecule has 2 amide bonds. The molecule has 1 aromatic heterocycles. The maximum absolute atomic E-state index is 11.7. The standard InChI is InChI=1S/C13H15BrN4O2/c1-2-12(11-7-15-8-16-11)20-18-13(19)17-10-5-3-9(14)4-6-10/h3-8,12H,2H2,1H3,(H,15,16)(H2,17,18,19). The summed E-state index contributed by atoms with van der Waals surface area (Å²) in [5.41, 5.74) is 3.88. The lowest BCUT2D eigenvalue weighted by atomic mass is 10.2. The Bertz CT molecular complexity index is 542. The van der Waals surface area contributed by atoms with Crippen molar-refractivity contribution in [1.29, 1.82) is 0 Å². The molecule has 1 heterocycles. The predicted octanol–water partition coefficient (Wildman–Crippen LogP) is 3.38. The van der Waals surface area contributed by atoms with Crippen molar-refractivity contribution >= 4 is 27.6 Å². The second-order valence-electron chi connectivity index (χ2n) is 4.08. The normalized spacial score (nSPS) is 11.9. The van der Waals surface area contributed by atoms with Crippen molar-refractivity contribution in [1.82, 2.24) is 15.4 Å². The number of carbonyl (C=O) groups excluding carboxylic acids is 1. The van der Waals surface area contributed by atoms with Crippen LogP contribution in [-0.2, 0) is 4.84 Å². The van der Waals surface area contributed by atoms with Crippen LogP contribution >= 0.6 is 15.9 Å². The topological polar surface area (TPSA) is 79.0 Å². The number of hydrogen-bond acceptors (Lipinski definition) is 3. The first-order valence-electron chi connectivity index (χ1n) is 6.15. The third-order valence-electron chi connectivity index (χ3n) is 2.63. The highest BCUT2D eigenvalue weighted by atomic mass is 79.9. The lowest BCUT2D eigenvalue weighted by Gasteiger charge is -2.14. The van der Waals surface area contributed by atoms with Gasteiger partial charge in [-0.15, -0.1) is 0 Å². The van der Waals surface area contributed by atoms with Gasteiger partial charge in [0.25, 0.3) is 0 Å². The first kappa shape index (κ1) is 14.5. The molecule has 20 heavy (non-hydrogen) atoms. The summed E-state index contributed by atoms with van der Waals surface area (Å²) in [6.45, 7) is 1.96. The molecule has 0 saturated carbocycles. The maximum Gasteiger partial charge on any atom is 0.343 e. The Morgan fingerprint density at radius 3 is 2.80 bits per heavy atom. The average molecular weight is 339 g/mol. The maximum atomic E-state index is 11.7. The van der Waals surface area contributed by atoms with Gasteiger partial charge in [0.15, 0.2) is 0 Å². The lowest BCUT2D eigenvalue weighted by molar-refractivity contribution is -0.00661. The van der Waals surface area contributed by atoms with Crippen molar-refractivity contribution in [3.8, 4) is 0 Å². The van der Waals surface area contributed by atoms with E-state index < -0.39 is 6.03 Å². The van der Waals surface area contributed by atoms with Crippen molar-refractivity contribution in [3.05, 3.63) is 47.0 Å². The molecular weight excluding hydrogens is 324 g/mol. The minimum absolute atomic E-state index is 0.256. The Morgan fingerprint density at radius 1 is 1.45 bits per heavy atom. The molecule has 0 fully saturated rings. The fraction of sp³-hybridized carbons (Fsp3) is 0.231. The van der Waals surface area contributed by atoms with Gasteiger partial charge in [-0.2, -0.15) is 0 Å². The minimum atomic E-state index is -0.426. The molecule has 3 N–H and O–H groups in total. The Hall–Kier alpha value is -1.86. The fourth-order valence-electron chi connectivity index (χ4n) is 1.62. The quantitative estimate of drug-likeness (QED) is 0.731. The van der Waals surface area contributed by atoms with Crippen LogP contribution in [0.2, 0.25) is 0 Å². The minimum Gasteiger partial charge on any atom is -0.346 e. The second-order valence-corrected chi connectivity index (χ2v) is 5.00. The number of aromatic amines is 1. The van der Waals surface area contributed by atoms with Crippen LogP contribution in [0.4, 0.5) is 10.5 Å². The molecule has 1 atom stereocenters. The number of rotatable bonds is 5. The van der Waals surface area contributed by atoms with Gasteiger partial charge in [-0.25, -0.2) is 15.3 Å². The van der Waals surface area contributed by atoms with Crippen LogP contribution in [-0.4, -0.2) is 16.0 Å². The second kappa shape index (κ2) is 7.06. The number of halogens is 1. The van der Waals surface area contributed by atoms with Crippen LogP contribution in [0.15, 0.2) is 41.3 Å². The number of nitrogens with one attached hydrogen (secondary N) is 3. The van der Waals surface area contributed by atoms with Crippen molar-refractivity contribution in [3.63, 3.8) is 0 Å². The molecule has 0 aliphatic heterocycles.